The van der Waals surface area contributed by atoms with Crippen LogP contribution in [0.4, 0.5) is 4.39 Å². The van der Waals surface area contributed by atoms with E-state index in [4.69, 9.17) is 4.78 Å². The van der Waals surface area contributed by atoms with Crippen LogP contribution < -0.4 is 0 Å². The summed E-state index contributed by atoms with van der Waals surface area (Å²) in [6.07, 6.45) is 0. The van der Waals surface area contributed by atoms with E-state index in [9.17, 15) is 8.60 Å². The molecule has 0 aromatic heterocycles. The molecule has 0 saturated heterocycles. The van der Waals surface area contributed by atoms with Crippen LogP contribution in [0, 0.1) is 10.6 Å². The normalized spacial score (nSPS) is 15.3. The largest absolute Gasteiger partial charge is 0.249 e. The van der Waals surface area contributed by atoms with Crippen molar-refractivity contribution in [3.05, 3.63) is 28.5 Å². The SMILES string of the molecule is CCS(=N)(=O)c1ccc(Br)c(F)c1. The van der Waals surface area contributed by atoms with Crippen molar-refractivity contribution >= 4 is 25.7 Å². The summed E-state index contributed by atoms with van der Waals surface area (Å²) in [5, 5.41) is 0. The van der Waals surface area contributed by atoms with E-state index >= 15 is 0 Å². The minimum Gasteiger partial charge on any atom is -0.249 e. The average molecular weight is 266 g/mol. The molecule has 0 heterocycles. The van der Waals surface area contributed by atoms with Gasteiger partial charge in [0.15, 0.2) is 0 Å². The third kappa shape index (κ3) is 2.28. The first-order valence-electron chi connectivity index (χ1n) is 3.69. The molecule has 2 nitrogen and oxygen atoms in total. The van der Waals surface area contributed by atoms with E-state index in [1.807, 2.05) is 0 Å². The predicted octanol–water partition coefficient (Wildman–Crippen LogP) is 3.01. The van der Waals surface area contributed by atoms with Crippen molar-refractivity contribution < 1.29 is 8.60 Å². The number of rotatable bonds is 2. The van der Waals surface area contributed by atoms with E-state index < -0.39 is 15.5 Å². The van der Waals surface area contributed by atoms with Crippen LogP contribution in [0.2, 0.25) is 0 Å². The lowest BCUT2D eigenvalue weighted by molar-refractivity contribution is 0.615. The van der Waals surface area contributed by atoms with Gasteiger partial charge in [0.25, 0.3) is 0 Å². The maximum Gasteiger partial charge on any atom is 0.138 e. The maximum absolute atomic E-state index is 13.0. The van der Waals surface area contributed by atoms with Crippen molar-refractivity contribution in [2.24, 2.45) is 0 Å². The quantitative estimate of drug-likeness (QED) is 0.878. The second-order valence-corrected chi connectivity index (χ2v) is 5.79. The zero-order valence-electron chi connectivity index (χ0n) is 7.01. The van der Waals surface area contributed by atoms with Crippen LogP contribution in [0.1, 0.15) is 6.92 Å². The predicted molar refractivity (Wildman–Crippen MR) is 53.8 cm³/mol. The molecule has 0 fully saturated rings. The molecule has 0 aliphatic carbocycles. The van der Waals surface area contributed by atoms with Gasteiger partial charge < -0.3 is 0 Å². The van der Waals surface area contributed by atoms with Gasteiger partial charge in [-0.15, -0.1) is 0 Å². The van der Waals surface area contributed by atoms with Gasteiger partial charge in [0.05, 0.1) is 19.1 Å². The standard InChI is InChI=1S/C8H9BrFNOS/c1-2-13(11,12)6-3-4-7(9)8(10)5-6/h3-5,11H,2H2,1H3. The summed E-state index contributed by atoms with van der Waals surface area (Å²) in [6, 6.07) is 4.11. The average Bonchev–Trinajstić information content (AvgIpc) is 2.09. The maximum atomic E-state index is 13.0. The molecule has 1 unspecified atom stereocenters. The molecule has 13 heavy (non-hydrogen) atoms. The van der Waals surface area contributed by atoms with Gasteiger partial charge in [-0.25, -0.2) is 13.4 Å². The molecular weight excluding hydrogens is 257 g/mol. The Morgan fingerprint density at radius 2 is 2.23 bits per heavy atom. The van der Waals surface area contributed by atoms with E-state index in [0.717, 1.165) is 6.07 Å². The third-order valence-electron chi connectivity index (χ3n) is 1.68. The van der Waals surface area contributed by atoms with E-state index in [0.29, 0.717) is 4.47 Å². The number of nitrogens with one attached hydrogen (secondary N) is 1. The molecular formula is C8H9BrFNOS. The van der Waals surface area contributed by atoms with Gasteiger partial charge in [0, 0.05) is 5.75 Å². The van der Waals surface area contributed by atoms with Crippen molar-refractivity contribution in [2.45, 2.75) is 11.8 Å². The molecule has 0 radical (unpaired) electrons. The van der Waals surface area contributed by atoms with Crippen LogP contribution in [0.5, 0.6) is 0 Å². The molecule has 0 amide bonds. The van der Waals surface area contributed by atoms with Gasteiger partial charge in [0.1, 0.15) is 5.82 Å². The third-order valence-corrected chi connectivity index (χ3v) is 4.15. The van der Waals surface area contributed by atoms with E-state index in [1.165, 1.54) is 12.1 Å². The van der Waals surface area contributed by atoms with Gasteiger partial charge in [-0.2, -0.15) is 0 Å². The van der Waals surface area contributed by atoms with Crippen molar-refractivity contribution in [2.75, 3.05) is 5.75 Å². The van der Waals surface area contributed by atoms with E-state index in [-0.39, 0.29) is 10.6 Å². The minimum absolute atomic E-state index is 0.202. The Morgan fingerprint density at radius 1 is 1.62 bits per heavy atom. The Bertz CT molecular complexity index is 416. The minimum atomic E-state index is -2.80. The summed E-state index contributed by atoms with van der Waals surface area (Å²) < 4.78 is 32.2. The fourth-order valence-corrected chi connectivity index (χ4v) is 2.01. The van der Waals surface area contributed by atoms with E-state index in [2.05, 4.69) is 15.9 Å². The van der Waals surface area contributed by atoms with Gasteiger partial charge in [-0.05, 0) is 34.1 Å². The summed E-state index contributed by atoms with van der Waals surface area (Å²) >= 11 is 2.99. The molecule has 0 bridgehead atoms. The Kier molecular flexibility index (Phi) is 3.08. The molecule has 72 valence electrons. The molecule has 0 saturated carbocycles. The van der Waals surface area contributed by atoms with E-state index in [1.54, 1.807) is 6.92 Å². The highest BCUT2D eigenvalue weighted by molar-refractivity contribution is 9.10. The van der Waals surface area contributed by atoms with Gasteiger partial charge in [-0.3, -0.25) is 0 Å². The van der Waals surface area contributed by atoms with Crippen LogP contribution >= 0.6 is 15.9 Å². The molecule has 1 atom stereocenters. The lowest BCUT2D eigenvalue weighted by Crippen LogP contribution is -2.01. The highest BCUT2D eigenvalue weighted by Crippen LogP contribution is 2.20. The zero-order valence-corrected chi connectivity index (χ0v) is 9.41. The summed E-state index contributed by atoms with van der Waals surface area (Å²) in [5.74, 6) is -0.278. The Hall–Kier alpha value is -0.420. The fourth-order valence-electron chi connectivity index (χ4n) is 0.849. The highest BCUT2D eigenvalue weighted by atomic mass is 79.9. The molecule has 1 rings (SSSR count). The molecule has 0 aliphatic rings. The molecule has 1 N–H and O–H groups in total. The Labute approximate surface area is 85.3 Å². The van der Waals surface area contributed by atoms with Crippen LogP contribution in [-0.2, 0) is 9.73 Å². The van der Waals surface area contributed by atoms with Gasteiger partial charge in [0.2, 0.25) is 0 Å². The lowest BCUT2D eigenvalue weighted by atomic mass is 10.3. The number of hydrogen-bond acceptors (Lipinski definition) is 2. The smallest absolute Gasteiger partial charge is 0.138 e. The lowest BCUT2D eigenvalue weighted by Gasteiger charge is -2.04. The Morgan fingerprint density at radius 3 is 2.69 bits per heavy atom. The molecule has 1 aromatic rings. The zero-order chi connectivity index (χ0) is 10.1. The van der Waals surface area contributed by atoms with Gasteiger partial charge >= 0.3 is 0 Å². The second-order valence-electron chi connectivity index (χ2n) is 2.54. The van der Waals surface area contributed by atoms with Crippen LogP contribution in [-0.4, -0.2) is 9.96 Å². The highest BCUT2D eigenvalue weighted by Gasteiger charge is 2.09. The van der Waals surface area contributed by atoms with Crippen LogP contribution in [0.25, 0.3) is 0 Å². The summed E-state index contributed by atoms with van der Waals surface area (Å²) in [4.78, 5) is 0.246. The number of hydrogen-bond donors (Lipinski definition) is 1. The first-order chi connectivity index (χ1) is 5.97. The monoisotopic (exact) mass is 265 g/mol. The van der Waals surface area contributed by atoms with Gasteiger partial charge in [-0.1, -0.05) is 6.92 Å². The first-order valence-corrected chi connectivity index (χ1v) is 6.21. The van der Waals surface area contributed by atoms with Crippen LogP contribution in [0.15, 0.2) is 27.6 Å². The summed E-state index contributed by atoms with van der Waals surface area (Å²) in [6.45, 7) is 1.65. The summed E-state index contributed by atoms with van der Waals surface area (Å²) in [5.41, 5.74) is 0. The van der Waals surface area contributed by atoms with Crippen molar-refractivity contribution in [3.8, 4) is 0 Å². The van der Waals surface area contributed by atoms with Crippen molar-refractivity contribution in [1.82, 2.24) is 0 Å². The number of halogens is 2. The second kappa shape index (κ2) is 3.75. The van der Waals surface area contributed by atoms with Crippen molar-refractivity contribution in [1.29, 1.82) is 4.78 Å². The molecule has 0 aliphatic heterocycles. The fraction of sp³-hybridized carbons (Fsp3) is 0.250. The first kappa shape index (κ1) is 10.7. The Balaban J connectivity index is 3.27. The van der Waals surface area contributed by atoms with Crippen LogP contribution in [0.3, 0.4) is 0 Å². The molecule has 1 aromatic carbocycles. The molecule has 0 spiro atoms. The molecule has 5 heteroatoms. The summed E-state index contributed by atoms with van der Waals surface area (Å²) in [7, 11) is -2.80. The topological polar surface area (TPSA) is 40.9 Å². The van der Waals surface area contributed by atoms with Crippen molar-refractivity contribution in [3.63, 3.8) is 0 Å². The number of benzene rings is 1.